The van der Waals surface area contributed by atoms with Crippen LogP contribution in [0.5, 0.6) is 0 Å². The second-order valence-electron chi connectivity index (χ2n) is 4.47. The Morgan fingerprint density at radius 2 is 1.93 bits per heavy atom. The van der Waals surface area contributed by atoms with Gasteiger partial charge in [-0.1, -0.05) is 12.0 Å². The summed E-state index contributed by atoms with van der Waals surface area (Å²) in [5.74, 6) is -0.459. The van der Waals surface area contributed by atoms with Gasteiger partial charge in [0.05, 0.1) is 0 Å². The molecule has 15 heavy (non-hydrogen) atoms. The molecule has 1 N–H and O–H groups in total. The van der Waals surface area contributed by atoms with E-state index in [4.69, 9.17) is 4.74 Å². The maximum atomic E-state index is 11.6. The first kappa shape index (κ1) is 12.2. The van der Waals surface area contributed by atoms with E-state index in [9.17, 15) is 9.90 Å². The quantitative estimate of drug-likeness (QED) is 0.576. The Hall–Kier alpha value is -0.830. The van der Waals surface area contributed by atoms with E-state index in [1.807, 2.05) is 19.9 Å². The molecule has 1 aliphatic carbocycles. The molecule has 0 aliphatic heterocycles. The second kappa shape index (κ2) is 5.31. The van der Waals surface area contributed by atoms with E-state index in [1.165, 1.54) is 0 Å². The van der Waals surface area contributed by atoms with Crippen molar-refractivity contribution in [2.24, 2.45) is 0 Å². The van der Waals surface area contributed by atoms with Crippen molar-refractivity contribution in [1.29, 1.82) is 0 Å². The molecule has 1 saturated carbocycles. The lowest BCUT2D eigenvalue weighted by Crippen LogP contribution is -2.41. The van der Waals surface area contributed by atoms with Crippen LogP contribution in [-0.4, -0.2) is 23.3 Å². The SMILES string of the molecule is CC(C)=CCOC(=O)C1(O)CCCCC1. The monoisotopic (exact) mass is 212 g/mol. The molecule has 0 saturated heterocycles. The lowest BCUT2D eigenvalue weighted by atomic mass is 9.85. The van der Waals surface area contributed by atoms with Gasteiger partial charge in [0.15, 0.2) is 5.60 Å². The molecule has 0 heterocycles. The van der Waals surface area contributed by atoms with Crippen LogP contribution in [0.1, 0.15) is 46.0 Å². The molecule has 0 amide bonds. The summed E-state index contributed by atoms with van der Waals surface area (Å²) in [6.45, 7) is 4.16. The summed E-state index contributed by atoms with van der Waals surface area (Å²) in [5.41, 5.74) is -0.105. The lowest BCUT2D eigenvalue weighted by Gasteiger charge is -2.29. The highest BCUT2D eigenvalue weighted by Gasteiger charge is 2.38. The van der Waals surface area contributed by atoms with Crippen LogP contribution in [0.3, 0.4) is 0 Å². The Kier molecular flexibility index (Phi) is 4.33. The van der Waals surface area contributed by atoms with E-state index < -0.39 is 11.6 Å². The van der Waals surface area contributed by atoms with Crippen LogP contribution in [0.25, 0.3) is 0 Å². The number of ether oxygens (including phenoxy) is 1. The molecular formula is C12H20O3. The molecule has 0 aromatic carbocycles. The predicted octanol–water partition coefficient (Wildman–Crippen LogP) is 2.19. The van der Waals surface area contributed by atoms with Gasteiger partial charge in [-0.2, -0.15) is 0 Å². The van der Waals surface area contributed by atoms with Gasteiger partial charge >= 0.3 is 5.97 Å². The highest BCUT2D eigenvalue weighted by molar-refractivity contribution is 5.79. The standard InChI is InChI=1S/C12H20O3/c1-10(2)6-9-15-11(13)12(14)7-4-3-5-8-12/h6,14H,3-5,7-9H2,1-2H3. The zero-order valence-electron chi connectivity index (χ0n) is 9.58. The fraction of sp³-hybridized carbons (Fsp3) is 0.750. The molecule has 0 aromatic rings. The van der Waals surface area contributed by atoms with E-state index in [-0.39, 0.29) is 6.61 Å². The zero-order valence-corrected chi connectivity index (χ0v) is 9.58. The van der Waals surface area contributed by atoms with E-state index in [0.717, 1.165) is 24.8 Å². The largest absolute Gasteiger partial charge is 0.459 e. The molecule has 3 nitrogen and oxygen atoms in total. The average Bonchev–Trinajstić information content (AvgIpc) is 2.18. The summed E-state index contributed by atoms with van der Waals surface area (Å²) >= 11 is 0. The van der Waals surface area contributed by atoms with Crippen molar-refractivity contribution >= 4 is 5.97 Å². The Labute approximate surface area is 91.1 Å². The molecule has 0 atom stereocenters. The summed E-state index contributed by atoms with van der Waals surface area (Å²) in [6, 6.07) is 0. The third-order valence-electron chi connectivity index (χ3n) is 2.77. The van der Waals surface area contributed by atoms with E-state index >= 15 is 0 Å². The number of carbonyl (C=O) groups excluding carboxylic acids is 1. The minimum absolute atomic E-state index is 0.267. The normalized spacial score (nSPS) is 19.4. The van der Waals surface area contributed by atoms with Gasteiger partial charge < -0.3 is 9.84 Å². The van der Waals surface area contributed by atoms with Crippen LogP contribution < -0.4 is 0 Å². The van der Waals surface area contributed by atoms with Gasteiger partial charge in [0, 0.05) is 0 Å². The van der Waals surface area contributed by atoms with Crippen LogP contribution in [0, 0.1) is 0 Å². The van der Waals surface area contributed by atoms with Gasteiger partial charge in [0.1, 0.15) is 6.61 Å². The second-order valence-corrected chi connectivity index (χ2v) is 4.47. The molecule has 3 heteroatoms. The molecule has 1 rings (SSSR count). The van der Waals surface area contributed by atoms with Crippen molar-refractivity contribution in [2.45, 2.75) is 51.6 Å². The molecule has 0 unspecified atom stereocenters. The third kappa shape index (κ3) is 3.67. The highest BCUT2D eigenvalue weighted by Crippen LogP contribution is 2.29. The number of hydrogen-bond acceptors (Lipinski definition) is 3. The van der Waals surface area contributed by atoms with Crippen molar-refractivity contribution < 1.29 is 14.6 Å². The maximum absolute atomic E-state index is 11.6. The summed E-state index contributed by atoms with van der Waals surface area (Å²) in [4.78, 5) is 11.6. The highest BCUT2D eigenvalue weighted by atomic mass is 16.5. The van der Waals surface area contributed by atoms with Crippen molar-refractivity contribution in [2.75, 3.05) is 6.61 Å². The van der Waals surface area contributed by atoms with Gasteiger partial charge in [0.2, 0.25) is 0 Å². The fourth-order valence-corrected chi connectivity index (χ4v) is 1.76. The Balaban J connectivity index is 2.41. The van der Waals surface area contributed by atoms with Crippen LogP contribution in [0.15, 0.2) is 11.6 Å². The summed E-state index contributed by atoms with van der Waals surface area (Å²) in [5, 5.41) is 10.0. The summed E-state index contributed by atoms with van der Waals surface area (Å²) < 4.78 is 5.03. The molecule has 1 fully saturated rings. The molecule has 86 valence electrons. The van der Waals surface area contributed by atoms with E-state index in [0.29, 0.717) is 12.8 Å². The number of hydrogen-bond donors (Lipinski definition) is 1. The molecule has 1 aliphatic rings. The molecule has 0 bridgehead atoms. The van der Waals surface area contributed by atoms with Crippen molar-refractivity contribution in [3.8, 4) is 0 Å². The van der Waals surface area contributed by atoms with Crippen molar-refractivity contribution in [1.82, 2.24) is 0 Å². The first-order valence-corrected chi connectivity index (χ1v) is 5.57. The number of allylic oxidation sites excluding steroid dienone is 1. The van der Waals surface area contributed by atoms with Gasteiger partial charge in [-0.25, -0.2) is 4.79 Å². The van der Waals surface area contributed by atoms with Gasteiger partial charge in [-0.3, -0.25) is 0 Å². The maximum Gasteiger partial charge on any atom is 0.338 e. The summed E-state index contributed by atoms with van der Waals surface area (Å²) in [7, 11) is 0. The molecule has 0 radical (unpaired) electrons. The fourth-order valence-electron chi connectivity index (χ4n) is 1.76. The van der Waals surface area contributed by atoms with E-state index in [2.05, 4.69) is 0 Å². The summed E-state index contributed by atoms with van der Waals surface area (Å²) in [6.07, 6.45) is 5.84. The van der Waals surface area contributed by atoms with Gasteiger partial charge in [-0.15, -0.1) is 0 Å². The molecular weight excluding hydrogens is 192 g/mol. The number of carbonyl (C=O) groups is 1. The minimum atomic E-state index is -1.21. The number of aliphatic hydroxyl groups is 1. The Bertz CT molecular complexity index is 246. The Morgan fingerprint density at radius 1 is 1.33 bits per heavy atom. The molecule has 0 spiro atoms. The number of rotatable bonds is 3. The average molecular weight is 212 g/mol. The topological polar surface area (TPSA) is 46.5 Å². The first-order valence-electron chi connectivity index (χ1n) is 5.57. The first-order chi connectivity index (χ1) is 7.04. The number of esters is 1. The van der Waals surface area contributed by atoms with Crippen molar-refractivity contribution in [3.05, 3.63) is 11.6 Å². The smallest absolute Gasteiger partial charge is 0.338 e. The van der Waals surface area contributed by atoms with Crippen LogP contribution in [-0.2, 0) is 9.53 Å². The zero-order chi connectivity index (χ0) is 11.3. The minimum Gasteiger partial charge on any atom is -0.459 e. The van der Waals surface area contributed by atoms with Gasteiger partial charge in [-0.05, 0) is 45.6 Å². The van der Waals surface area contributed by atoms with Crippen LogP contribution >= 0.6 is 0 Å². The Morgan fingerprint density at radius 3 is 2.47 bits per heavy atom. The third-order valence-corrected chi connectivity index (χ3v) is 2.77. The van der Waals surface area contributed by atoms with Gasteiger partial charge in [0.25, 0.3) is 0 Å². The van der Waals surface area contributed by atoms with Crippen LogP contribution in [0.4, 0.5) is 0 Å². The van der Waals surface area contributed by atoms with Crippen molar-refractivity contribution in [3.63, 3.8) is 0 Å². The molecule has 0 aromatic heterocycles. The van der Waals surface area contributed by atoms with Crippen LogP contribution in [0.2, 0.25) is 0 Å². The predicted molar refractivity (Wildman–Crippen MR) is 58.4 cm³/mol. The van der Waals surface area contributed by atoms with E-state index in [1.54, 1.807) is 0 Å². The lowest BCUT2D eigenvalue weighted by molar-refractivity contribution is -0.167.